The number of carbonyl (C=O) groups is 1. The van der Waals surface area contributed by atoms with Gasteiger partial charge in [-0.2, -0.15) is 0 Å². The van der Waals surface area contributed by atoms with Gasteiger partial charge in [0.25, 0.3) is 0 Å². The Balaban J connectivity index is 2.02. The van der Waals surface area contributed by atoms with Crippen molar-refractivity contribution in [3.63, 3.8) is 0 Å². The fourth-order valence-corrected chi connectivity index (χ4v) is 1.72. The zero-order chi connectivity index (χ0) is 10.3. The molecule has 4 nitrogen and oxygen atoms in total. The van der Waals surface area contributed by atoms with Crippen LogP contribution in [-0.2, 0) is 4.79 Å². The van der Waals surface area contributed by atoms with Crippen LogP contribution in [0.3, 0.4) is 0 Å². The number of anilines is 1. The highest BCUT2D eigenvalue weighted by atomic mass is 32.1. The fourth-order valence-electron chi connectivity index (χ4n) is 1.14. The summed E-state index contributed by atoms with van der Waals surface area (Å²) in [6.45, 7) is 3.41. The van der Waals surface area contributed by atoms with E-state index in [0.29, 0.717) is 11.6 Å². The second-order valence-electron chi connectivity index (χ2n) is 3.67. The Hall–Kier alpha value is -1.04. The SMILES string of the molecule is Cc1nnc(NC(=O)[C@]2(C)C[C@@H]2F)s1. The largest absolute Gasteiger partial charge is 0.300 e. The molecule has 1 saturated carbocycles. The molecule has 2 rings (SSSR count). The number of rotatable bonds is 2. The van der Waals surface area contributed by atoms with Crippen LogP contribution in [0.2, 0.25) is 0 Å². The van der Waals surface area contributed by atoms with Gasteiger partial charge in [-0.25, -0.2) is 4.39 Å². The Morgan fingerprint density at radius 1 is 1.71 bits per heavy atom. The van der Waals surface area contributed by atoms with E-state index in [1.54, 1.807) is 13.8 Å². The number of nitrogens with one attached hydrogen (secondary N) is 1. The molecule has 0 spiro atoms. The Labute approximate surface area is 84.5 Å². The second-order valence-corrected chi connectivity index (χ2v) is 4.85. The summed E-state index contributed by atoms with van der Waals surface area (Å²) in [5.41, 5.74) is -0.848. The maximum absolute atomic E-state index is 12.8. The molecule has 1 aliphatic rings. The fraction of sp³-hybridized carbons (Fsp3) is 0.625. The second kappa shape index (κ2) is 2.98. The van der Waals surface area contributed by atoms with Gasteiger partial charge in [0.05, 0.1) is 5.41 Å². The first-order chi connectivity index (χ1) is 6.52. The highest BCUT2D eigenvalue weighted by molar-refractivity contribution is 7.15. The van der Waals surface area contributed by atoms with E-state index in [1.807, 2.05) is 0 Å². The van der Waals surface area contributed by atoms with E-state index in [0.717, 1.165) is 5.01 Å². The Kier molecular flexibility index (Phi) is 2.02. The molecule has 0 radical (unpaired) electrons. The molecular weight excluding hydrogens is 205 g/mol. The van der Waals surface area contributed by atoms with Gasteiger partial charge in [0.2, 0.25) is 11.0 Å². The molecule has 1 aliphatic carbocycles. The normalized spacial score (nSPS) is 30.1. The lowest BCUT2D eigenvalue weighted by molar-refractivity contribution is -0.121. The predicted octanol–water partition coefficient (Wildman–Crippen LogP) is 1.53. The van der Waals surface area contributed by atoms with Crippen LogP contribution in [0.5, 0.6) is 0 Å². The molecule has 1 fully saturated rings. The maximum atomic E-state index is 12.8. The van der Waals surface area contributed by atoms with E-state index < -0.39 is 11.6 Å². The van der Waals surface area contributed by atoms with Crippen LogP contribution in [0.25, 0.3) is 0 Å². The van der Waals surface area contributed by atoms with Crippen molar-refractivity contribution in [3.8, 4) is 0 Å². The number of amides is 1. The number of aromatic nitrogens is 2. The van der Waals surface area contributed by atoms with E-state index in [-0.39, 0.29) is 5.91 Å². The summed E-state index contributed by atoms with van der Waals surface area (Å²) >= 11 is 1.28. The van der Waals surface area contributed by atoms with E-state index in [1.165, 1.54) is 11.3 Å². The maximum Gasteiger partial charge on any atom is 0.235 e. The lowest BCUT2D eigenvalue weighted by Crippen LogP contribution is -2.23. The molecule has 1 heterocycles. The first-order valence-electron chi connectivity index (χ1n) is 4.28. The van der Waals surface area contributed by atoms with Gasteiger partial charge in [-0.15, -0.1) is 10.2 Å². The first kappa shape index (κ1) is 9.51. The average Bonchev–Trinajstić information content (AvgIpc) is 2.56. The van der Waals surface area contributed by atoms with Crippen molar-refractivity contribution in [2.24, 2.45) is 5.41 Å². The van der Waals surface area contributed by atoms with Gasteiger partial charge in [-0.05, 0) is 20.3 Å². The van der Waals surface area contributed by atoms with Gasteiger partial charge < -0.3 is 0 Å². The summed E-state index contributed by atoms with van der Waals surface area (Å²) in [7, 11) is 0. The van der Waals surface area contributed by atoms with Gasteiger partial charge in [0.1, 0.15) is 11.2 Å². The molecule has 0 aromatic carbocycles. The van der Waals surface area contributed by atoms with E-state index >= 15 is 0 Å². The zero-order valence-corrected chi connectivity index (χ0v) is 8.69. The number of halogens is 1. The third-order valence-corrected chi connectivity index (χ3v) is 3.15. The Morgan fingerprint density at radius 3 is 2.79 bits per heavy atom. The van der Waals surface area contributed by atoms with E-state index in [2.05, 4.69) is 15.5 Å². The van der Waals surface area contributed by atoms with Crippen molar-refractivity contribution < 1.29 is 9.18 Å². The Morgan fingerprint density at radius 2 is 2.36 bits per heavy atom. The summed E-state index contributed by atoms with van der Waals surface area (Å²) in [5.74, 6) is -0.304. The topological polar surface area (TPSA) is 54.9 Å². The van der Waals surface area contributed by atoms with Crippen molar-refractivity contribution in [2.45, 2.75) is 26.4 Å². The smallest absolute Gasteiger partial charge is 0.235 e. The van der Waals surface area contributed by atoms with Crippen LogP contribution in [0.15, 0.2) is 0 Å². The minimum atomic E-state index is -1.02. The van der Waals surface area contributed by atoms with Gasteiger partial charge in [0.15, 0.2) is 0 Å². The minimum absolute atomic E-state index is 0.302. The zero-order valence-electron chi connectivity index (χ0n) is 7.87. The molecular formula is C8H10FN3OS. The van der Waals surface area contributed by atoms with E-state index in [4.69, 9.17) is 0 Å². The van der Waals surface area contributed by atoms with Crippen LogP contribution in [0.4, 0.5) is 9.52 Å². The molecule has 0 saturated heterocycles. The van der Waals surface area contributed by atoms with E-state index in [9.17, 15) is 9.18 Å². The standard InChI is InChI=1S/C8H10FN3OS/c1-4-11-12-7(14-4)10-6(13)8(2)3-5(8)9/h5H,3H2,1-2H3,(H,10,12,13)/t5-,8+/m0/s1. The summed E-state index contributed by atoms with van der Waals surface area (Å²) < 4.78 is 12.8. The average molecular weight is 215 g/mol. The Bertz CT molecular complexity index is 380. The molecule has 0 unspecified atom stereocenters. The monoisotopic (exact) mass is 215 g/mol. The molecule has 2 atom stereocenters. The van der Waals surface area contributed by atoms with Gasteiger partial charge in [-0.3, -0.25) is 10.1 Å². The third kappa shape index (κ3) is 1.50. The lowest BCUT2D eigenvalue weighted by Gasteiger charge is -2.06. The van der Waals surface area contributed by atoms with Gasteiger partial charge in [-0.1, -0.05) is 11.3 Å². The number of nitrogens with zero attached hydrogens (tertiary/aromatic N) is 2. The van der Waals surface area contributed by atoms with Crippen molar-refractivity contribution in [3.05, 3.63) is 5.01 Å². The number of carbonyl (C=O) groups excluding carboxylic acids is 1. The van der Waals surface area contributed by atoms with Crippen LogP contribution >= 0.6 is 11.3 Å². The number of hydrogen-bond donors (Lipinski definition) is 1. The van der Waals surface area contributed by atoms with Crippen LogP contribution in [0, 0.1) is 12.3 Å². The van der Waals surface area contributed by atoms with Crippen LogP contribution < -0.4 is 5.32 Å². The molecule has 0 aliphatic heterocycles. The molecule has 14 heavy (non-hydrogen) atoms. The van der Waals surface area contributed by atoms with Crippen molar-refractivity contribution in [1.29, 1.82) is 0 Å². The third-order valence-electron chi connectivity index (χ3n) is 2.40. The summed E-state index contributed by atoms with van der Waals surface area (Å²) in [5, 5.41) is 11.3. The lowest BCUT2D eigenvalue weighted by atomic mass is 10.1. The first-order valence-corrected chi connectivity index (χ1v) is 5.09. The quantitative estimate of drug-likeness (QED) is 0.814. The number of aryl methyl sites for hydroxylation is 1. The number of alkyl halides is 1. The van der Waals surface area contributed by atoms with Crippen molar-refractivity contribution >= 4 is 22.4 Å². The predicted molar refractivity (Wildman–Crippen MR) is 50.9 cm³/mol. The van der Waals surface area contributed by atoms with Gasteiger partial charge in [0, 0.05) is 0 Å². The molecule has 1 aromatic heterocycles. The summed E-state index contributed by atoms with van der Waals surface area (Å²) in [6, 6.07) is 0. The summed E-state index contributed by atoms with van der Waals surface area (Å²) in [4.78, 5) is 11.5. The molecule has 1 N–H and O–H groups in total. The molecule has 76 valence electrons. The highest BCUT2D eigenvalue weighted by Gasteiger charge is 2.57. The molecule has 1 amide bonds. The van der Waals surface area contributed by atoms with Crippen molar-refractivity contribution in [2.75, 3.05) is 5.32 Å². The summed E-state index contributed by atoms with van der Waals surface area (Å²) in [6.07, 6.45) is -0.715. The highest BCUT2D eigenvalue weighted by Crippen LogP contribution is 2.48. The minimum Gasteiger partial charge on any atom is -0.300 e. The molecule has 0 bridgehead atoms. The molecule has 6 heteroatoms. The number of hydrogen-bond acceptors (Lipinski definition) is 4. The van der Waals surface area contributed by atoms with Crippen LogP contribution in [0.1, 0.15) is 18.4 Å². The van der Waals surface area contributed by atoms with Gasteiger partial charge >= 0.3 is 0 Å². The van der Waals surface area contributed by atoms with Crippen molar-refractivity contribution in [1.82, 2.24) is 10.2 Å². The van der Waals surface area contributed by atoms with Crippen LogP contribution in [-0.4, -0.2) is 22.3 Å². The molecule has 1 aromatic rings.